The number of rotatable bonds is 9. The van der Waals surface area contributed by atoms with Crippen LogP contribution in [0.4, 0.5) is 5.69 Å². The van der Waals surface area contributed by atoms with Crippen LogP contribution in [0.25, 0.3) is 0 Å². The molecule has 0 spiro atoms. The molecule has 160 valence electrons. The molecule has 0 aliphatic carbocycles. The van der Waals surface area contributed by atoms with Crippen molar-refractivity contribution in [3.05, 3.63) is 58.1 Å². The van der Waals surface area contributed by atoms with Gasteiger partial charge in [-0.1, -0.05) is 12.1 Å². The first kappa shape index (κ1) is 22.8. The summed E-state index contributed by atoms with van der Waals surface area (Å²) in [5.74, 6) is -0.337. The normalized spacial score (nSPS) is 11.5. The predicted octanol–water partition coefficient (Wildman–Crippen LogP) is 1.38. The molecule has 30 heavy (non-hydrogen) atoms. The summed E-state index contributed by atoms with van der Waals surface area (Å²) < 4.78 is 36.6. The lowest BCUT2D eigenvalue weighted by Gasteiger charge is -2.18. The summed E-state index contributed by atoms with van der Waals surface area (Å²) >= 11 is 0. The Morgan fingerprint density at radius 2 is 1.93 bits per heavy atom. The lowest BCUT2D eigenvalue weighted by Crippen LogP contribution is -2.36. The maximum Gasteiger partial charge on any atom is 0.278 e. The van der Waals surface area contributed by atoms with Gasteiger partial charge in [0.15, 0.2) is 0 Å². The molecule has 1 N–H and O–H groups in total. The van der Waals surface area contributed by atoms with Crippen LogP contribution in [0.3, 0.4) is 0 Å². The Morgan fingerprint density at radius 1 is 1.23 bits per heavy atom. The van der Waals surface area contributed by atoms with Crippen LogP contribution in [-0.2, 0) is 14.8 Å². The molecule has 12 heteroatoms. The smallest absolute Gasteiger partial charge is 0.278 e. The number of carbonyl (C=O) groups excluding carboxylic acids is 1. The van der Waals surface area contributed by atoms with Gasteiger partial charge < -0.3 is 9.47 Å². The molecule has 0 bridgehead atoms. The fraction of sp³-hybridized carbons (Fsp3) is 0.222. The molecule has 0 heterocycles. The Labute approximate surface area is 173 Å². The molecule has 11 nitrogen and oxygen atoms in total. The third kappa shape index (κ3) is 5.30. The van der Waals surface area contributed by atoms with Gasteiger partial charge in [0, 0.05) is 19.2 Å². The lowest BCUT2D eigenvalue weighted by molar-refractivity contribution is -0.385. The van der Waals surface area contributed by atoms with Crippen molar-refractivity contribution in [3.8, 4) is 11.5 Å². The van der Waals surface area contributed by atoms with Crippen molar-refractivity contribution < 1.29 is 27.6 Å². The summed E-state index contributed by atoms with van der Waals surface area (Å²) in [5, 5.41) is 14.6. The molecule has 0 saturated carbocycles. The van der Waals surface area contributed by atoms with E-state index >= 15 is 0 Å². The highest BCUT2D eigenvalue weighted by Crippen LogP contribution is 2.30. The van der Waals surface area contributed by atoms with Gasteiger partial charge in [-0.25, -0.2) is 13.8 Å². The summed E-state index contributed by atoms with van der Waals surface area (Å²) in [5.41, 5.74) is 2.15. The van der Waals surface area contributed by atoms with Crippen molar-refractivity contribution in [1.29, 1.82) is 0 Å². The second-order valence-electron chi connectivity index (χ2n) is 5.89. The van der Waals surface area contributed by atoms with Crippen molar-refractivity contribution in [3.63, 3.8) is 0 Å². The zero-order valence-corrected chi connectivity index (χ0v) is 17.3. The third-order valence-electron chi connectivity index (χ3n) is 3.95. The maximum absolute atomic E-state index is 12.8. The number of nitro benzene ring substituents is 1. The standard InChI is InChI=1S/C18H20N4O7S/c1-21(30(26,27)17-10-14(28-2)8-9-16(17)29-3)12-18(23)20-19-11-13-6-4-5-7-15(13)22(24)25/h4-11H,12H2,1-3H3,(H,20,23)/b19-11-. The minimum absolute atomic E-state index is 0.0949. The fourth-order valence-electron chi connectivity index (χ4n) is 2.41. The van der Waals surface area contributed by atoms with E-state index < -0.39 is 27.4 Å². The molecule has 0 radical (unpaired) electrons. The number of carbonyl (C=O) groups is 1. The van der Waals surface area contributed by atoms with Gasteiger partial charge in [-0.05, 0) is 18.2 Å². The number of likely N-dealkylation sites (N-methyl/N-ethyl adjacent to an activating group) is 1. The number of hydrazone groups is 1. The van der Waals surface area contributed by atoms with Gasteiger partial charge in [-0.2, -0.15) is 9.41 Å². The molecule has 2 aromatic rings. The van der Waals surface area contributed by atoms with Crippen LogP contribution in [0.2, 0.25) is 0 Å². The largest absolute Gasteiger partial charge is 0.497 e. The molecule has 0 atom stereocenters. The van der Waals surface area contributed by atoms with Crippen LogP contribution < -0.4 is 14.9 Å². The lowest BCUT2D eigenvalue weighted by atomic mass is 10.2. The Bertz CT molecular complexity index is 1070. The molecule has 0 fully saturated rings. The van der Waals surface area contributed by atoms with Crippen LogP contribution in [0.1, 0.15) is 5.56 Å². The van der Waals surface area contributed by atoms with E-state index in [1.165, 1.54) is 51.6 Å². The summed E-state index contributed by atoms with van der Waals surface area (Å²) in [6.07, 6.45) is 1.11. The number of sulfonamides is 1. The Kier molecular flexibility index (Phi) is 7.44. The van der Waals surface area contributed by atoms with Crippen molar-refractivity contribution >= 4 is 27.8 Å². The minimum Gasteiger partial charge on any atom is -0.497 e. The van der Waals surface area contributed by atoms with E-state index in [-0.39, 0.29) is 21.9 Å². The van der Waals surface area contributed by atoms with Crippen LogP contribution in [0, 0.1) is 10.1 Å². The van der Waals surface area contributed by atoms with E-state index in [9.17, 15) is 23.3 Å². The monoisotopic (exact) mass is 436 g/mol. The molecule has 0 unspecified atom stereocenters. The second kappa shape index (κ2) is 9.80. The van der Waals surface area contributed by atoms with Crippen molar-refractivity contribution in [2.75, 3.05) is 27.8 Å². The zero-order valence-electron chi connectivity index (χ0n) is 16.4. The zero-order chi connectivity index (χ0) is 22.3. The third-order valence-corrected chi connectivity index (χ3v) is 5.78. The number of amides is 1. The average Bonchev–Trinajstić information content (AvgIpc) is 2.73. The van der Waals surface area contributed by atoms with E-state index in [2.05, 4.69) is 10.5 Å². The first-order chi connectivity index (χ1) is 14.2. The fourth-order valence-corrected chi connectivity index (χ4v) is 3.71. The molecule has 0 aliphatic rings. The Balaban J connectivity index is 2.11. The molecule has 2 rings (SSSR count). The van der Waals surface area contributed by atoms with Gasteiger partial charge in [-0.3, -0.25) is 14.9 Å². The number of hydrogen-bond donors (Lipinski definition) is 1. The number of benzene rings is 2. The molecule has 1 amide bonds. The summed E-state index contributed by atoms with van der Waals surface area (Å²) in [6.45, 7) is -0.545. The topological polar surface area (TPSA) is 140 Å². The Hall–Kier alpha value is -3.51. The van der Waals surface area contributed by atoms with Gasteiger partial charge in [0.25, 0.3) is 11.6 Å². The van der Waals surface area contributed by atoms with Gasteiger partial charge in [0.05, 0.1) is 37.5 Å². The number of methoxy groups -OCH3 is 2. The highest BCUT2D eigenvalue weighted by molar-refractivity contribution is 7.89. The van der Waals surface area contributed by atoms with Gasteiger partial charge in [-0.15, -0.1) is 0 Å². The summed E-state index contributed by atoms with van der Waals surface area (Å²) in [7, 11) is -0.139. The first-order valence-electron chi connectivity index (χ1n) is 8.44. The second-order valence-corrected chi connectivity index (χ2v) is 7.90. The van der Waals surface area contributed by atoms with Crippen LogP contribution in [0.5, 0.6) is 11.5 Å². The summed E-state index contributed by atoms with van der Waals surface area (Å²) in [4.78, 5) is 22.3. The molecule has 0 saturated heterocycles. The molecular formula is C18H20N4O7S. The first-order valence-corrected chi connectivity index (χ1v) is 9.88. The van der Waals surface area contributed by atoms with Crippen molar-refractivity contribution in [2.24, 2.45) is 5.10 Å². The summed E-state index contributed by atoms with van der Waals surface area (Å²) in [6, 6.07) is 10.1. The van der Waals surface area contributed by atoms with Gasteiger partial charge >= 0.3 is 0 Å². The molecule has 2 aromatic carbocycles. The van der Waals surface area contributed by atoms with E-state index in [1.807, 2.05) is 0 Å². The molecule has 0 aliphatic heterocycles. The number of nitrogens with one attached hydrogen (secondary N) is 1. The van der Waals surface area contributed by atoms with Crippen molar-refractivity contribution in [2.45, 2.75) is 4.90 Å². The van der Waals surface area contributed by atoms with E-state index in [0.29, 0.717) is 5.75 Å². The van der Waals surface area contributed by atoms with Gasteiger partial charge in [0.1, 0.15) is 16.4 Å². The highest BCUT2D eigenvalue weighted by atomic mass is 32.2. The Morgan fingerprint density at radius 3 is 2.57 bits per heavy atom. The average molecular weight is 436 g/mol. The number of nitrogens with zero attached hydrogens (tertiary/aromatic N) is 3. The number of para-hydroxylation sites is 1. The number of hydrogen-bond acceptors (Lipinski definition) is 8. The maximum atomic E-state index is 12.8. The number of ether oxygens (including phenoxy) is 2. The minimum atomic E-state index is -4.08. The predicted molar refractivity (Wildman–Crippen MR) is 108 cm³/mol. The van der Waals surface area contributed by atoms with Gasteiger partial charge in [0.2, 0.25) is 10.0 Å². The van der Waals surface area contributed by atoms with Crippen LogP contribution in [-0.4, -0.2) is 57.6 Å². The van der Waals surface area contributed by atoms with Crippen LogP contribution in [0.15, 0.2) is 52.5 Å². The number of nitro groups is 1. The van der Waals surface area contributed by atoms with E-state index in [4.69, 9.17) is 9.47 Å². The molecule has 0 aromatic heterocycles. The van der Waals surface area contributed by atoms with Crippen LogP contribution >= 0.6 is 0 Å². The molecular weight excluding hydrogens is 416 g/mol. The quantitative estimate of drug-likeness (QED) is 0.356. The van der Waals surface area contributed by atoms with Crippen molar-refractivity contribution in [1.82, 2.24) is 9.73 Å². The van der Waals surface area contributed by atoms with E-state index in [0.717, 1.165) is 10.5 Å². The van der Waals surface area contributed by atoms with E-state index in [1.54, 1.807) is 12.1 Å². The SMILES string of the molecule is COc1ccc(OC)c(S(=O)(=O)N(C)CC(=O)N/N=C\c2ccccc2[N+](=O)[O-])c1. The highest BCUT2D eigenvalue weighted by Gasteiger charge is 2.27.